The van der Waals surface area contributed by atoms with Crippen molar-refractivity contribution in [1.29, 1.82) is 5.26 Å². The van der Waals surface area contributed by atoms with Crippen molar-refractivity contribution in [3.05, 3.63) is 35.4 Å². The van der Waals surface area contributed by atoms with E-state index in [1.165, 1.54) is 18.2 Å². The highest BCUT2D eigenvalue weighted by atomic mass is 16.5. The predicted octanol–water partition coefficient (Wildman–Crippen LogP) is 2.63. The minimum absolute atomic E-state index is 0.434. The fraction of sp³-hybridized carbons (Fsp3) is 0.429. The number of esters is 1. The Morgan fingerprint density at radius 2 is 2.06 bits per heavy atom. The van der Waals surface area contributed by atoms with Crippen LogP contribution in [-0.4, -0.2) is 13.1 Å². The number of ether oxygens (including phenoxy) is 1. The zero-order chi connectivity index (χ0) is 12.7. The number of hydrogen-bond acceptors (Lipinski definition) is 3. The number of carbonyl (C=O) groups is 1. The molecule has 0 saturated carbocycles. The highest BCUT2D eigenvalue weighted by Gasteiger charge is 2.17. The van der Waals surface area contributed by atoms with Gasteiger partial charge in [0.1, 0.15) is 5.92 Å². The van der Waals surface area contributed by atoms with Crippen molar-refractivity contribution in [3.8, 4) is 6.07 Å². The maximum atomic E-state index is 11.2. The first-order chi connectivity index (χ1) is 8.17. The largest absolute Gasteiger partial charge is 0.468 e. The molecule has 0 aliphatic carbocycles. The van der Waals surface area contributed by atoms with E-state index in [1.807, 2.05) is 13.0 Å². The van der Waals surface area contributed by atoms with Crippen LogP contribution in [0.1, 0.15) is 24.0 Å². The van der Waals surface area contributed by atoms with E-state index in [0.717, 1.165) is 12.8 Å². The molecule has 1 aromatic carbocycles. The molecule has 1 unspecified atom stereocenters. The molecule has 0 aliphatic rings. The SMILES string of the molecule is COC(=O)C(C#N)CCCc1ccc(C)cc1. The van der Waals surface area contributed by atoms with E-state index in [1.54, 1.807) is 0 Å². The van der Waals surface area contributed by atoms with Gasteiger partial charge in [-0.25, -0.2) is 0 Å². The number of nitriles is 1. The molecule has 1 rings (SSSR count). The summed E-state index contributed by atoms with van der Waals surface area (Å²) in [6, 6.07) is 10.3. The van der Waals surface area contributed by atoms with Gasteiger partial charge < -0.3 is 4.74 Å². The first kappa shape index (κ1) is 13.2. The van der Waals surface area contributed by atoms with Crippen LogP contribution in [0.4, 0.5) is 0 Å². The monoisotopic (exact) mass is 231 g/mol. The van der Waals surface area contributed by atoms with Crippen molar-refractivity contribution in [3.63, 3.8) is 0 Å². The van der Waals surface area contributed by atoms with Crippen LogP contribution in [0.25, 0.3) is 0 Å². The highest BCUT2D eigenvalue weighted by Crippen LogP contribution is 2.12. The number of hydrogen-bond donors (Lipinski definition) is 0. The quantitative estimate of drug-likeness (QED) is 0.732. The first-order valence-electron chi connectivity index (χ1n) is 5.70. The third kappa shape index (κ3) is 4.28. The van der Waals surface area contributed by atoms with E-state index >= 15 is 0 Å². The van der Waals surface area contributed by atoms with Gasteiger partial charge in [-0.15, -0.1) is 0 Å². The molecule has 3 heteroatoms. The molecule has 0 bridgehead atoms. The van der Waals surface area contributed by atoms with Gasteiger partial charge in [-0.2, -0.15) is 5.26 Å². The number of methoxy groups -OCH3 is 1. The summed E-state index contributed by atoms with van der Waals surface area (Å²) >= 11 is 0. The summed E-state index contributed by atoms with van der Waals surface area (Å²) in [5.74, 6) is -1.07. The zero-order valence-electron chi connectivity index (χ0n) is 10.3. The number of benzene rings is 1. The molecule has 0 N–H and O–H groups in total. The summed E-state index contributed by atoms with van der Waals surface area (Å²) in [6.07, 6.45) is 2.25. The smallest absolute Gasteiger partial charge is 0.323 e. The fourth-order valence-electron chi connectivity index (χ4n) is 1.64. The van der Waals surface area contributed by atoms with Crippen LogP contribution in [0.15, 0.2) is 24.3 Å². The second-order valence-corrected chi connectivity index (χ2v) is 4.08. The van der Waals surface area contributed by atoms with Crippen LogP contribution >= 0.6 is 0 Å². The topological polar surface area (TPSA) is 50.1 Å². The number of aryl methyl sites for hydroxylation is 2. The Bertz CT molecular complexity index is 403. The third-order valence-electron chi connectivity index (χ3n) is 2.72. The lowest BCUT2D eigenvalue weighted by molar-refractivity contribution is -0.143. The van der Waals surface area contributed by atoms with Crippen molar-refractivity contribution in [2.75, 3.05) is 7.11 Å². The Morgan fingerprint density at radius 3 is 2.59 bits per heavy atom. The van der Waals surface area contributed by atoms with Gasteiger partial charge in [-0.3, -0.25) is 4.79 Å². The van der Waals surface area contributed by atoms with Gasteiger partial charge in [0.25, 0.3) is 0 Å². The van der Waals surface area contributed by atoms with Gasteiger partial charge in [-0.05, 0) is 31.7 Å². The molecule has 1 atom stereocenters. The molecule has 0 aliphatic heterocycles. The molecule has 0 heterocycles. The van der Waals surface area contributed by atoms with Gasteiger partial charge in [0.2, 0.25) is 0 Å². The van der Waals surface area contributed by atoms with Crippen LogP contribution in [-0.2, 0) is 16.0 Å². The second kappa shape index (κ2) is 6.70. The van der Waals surface area contributed by atoms with Crippen LogP contribution < -0.4 is 0 Å². The summed E-state index contributed by atoms with van der Waals surface area (Å²) in [7, 11) is 1.31. The van der Waals surface area contributed by atoms with E-state index in [4.69, 9.17) is 5.26 Å². The summed E-state index contributed by atoms with van der Waals surface area (Å²) in [4.78, 5) is 11.2. The molecule has 0 spiro atoms. The van der Waals surface area contributed by atoms with Crippen molar-refractivity contribution in [2.45, 2.75) is 26.2 Å². The summed E-state index contributed by atoms with van der Waals surface area (Å²) in [5.41, 5.74) is 2.47. The lowest BCUT2D eigenvalue weighted by atomic mass is 10.0. The Hall–Kier alpha value is -1.82. The fourth-order valence-corrected chi connectivity index (χ4v) is 1.64. The van der Waals surface area contributed by atoms with Gasteiger partial charge in [-0.1, -0.05) is 29.8 Å². The van der Waals surface area contributed by atoms with Gasteiger partial charge in [0.05, 0.1) is 13.2 Å². The molecule has 0 fully saturated rings. The Balaban J connectivity index is 2.39. The van der Waals surface area contributed by atoms with E-state index in [0.29, 0.717) is 6.42 Å². The average molecular weight is 231 g/mol. The minimum Gasteiger partial charge on any atom is -0.468 e. The maximum Gasteiger partial charge on any atom is 0.323 e. The van der Waals surface area contributed by atoms with Gasteiger partial charge in [0.15, 0.2) is 0 Å². The van der Waals surface area contributed by atoms with Crippen molar-refractivity contribution in [1.82, 2.24) is 0 Å². The summed E-state index contributed by atoms with van der Waals surface area (Å²) < 4.78 is 4.56. The zero-order valence-corrected chi connectivity index (χ0v) is 10.3. The number of nitrogens with zero attached hydrogens (tertiary/aromatic N) is 1. The Kier molecular flexibility index (Phi) is 5.22. The van der Waals surface area contributed by atoms with Crippen LogP contribution in [0.2, 0.25) is 0 Å². The summed E-state index contributed by atoms with van der Waals surface area (Å²) in [5, 5.41) is 8.81. The molecule has 0 radical (unpaired) electrons. The van der Waals surface area contributed by atoms with E-state index in [9.17, 15) is 4.79 Å². The Labute approximate surface area is 102 Å². The molecule has 3 nitrogen and oxygen atoms in total. The minimum atomic E-state index is -0.634. The lowest BCUT2D eigenvalue weighted by Gasteiger charge is -2.06. The molecule has 90 valence electrons. The van der Waals surface area contributed by atoms with Crippen molar-refractivity contribution in [2.24, 2.45) is 5.92 Å². The van der Waals surface area contributed by atoms with Gasteiger partial charge in [0, 0.05) is 0 Å². The number of rotatable bonds is 5. The maximum absolute atomic E-state index is 11.2. The summed E-state index contributed by atoms with van der Waals surface area (Å²) in [6.45, 7) is 2.05. The normalized spacial score (nSPS) is 11.6. The molecule has 1 aromatic rings. The lowest BCUT2D eigenvalue weighted by Crippen LogP contribution is -2.14. The molecule has 17 heavy (non-hydrogen) atoms. The average Bonchev–Trinajstić information content (AvgIpc) is 2.36. The standard InChI is InChI=1S/C14H17NO2/c1-11-6-8-12(9-7-11)4-3-5-13(10-15)14(16)17-2/h6-9,13H,3-5H2,1-2H3. The van der Waals surface area contributed by atoms with Crippen LogP contribution in [0.5, 0.6) is 0 Å². The first-order valence-corrected chi connectivity index (χ1v) is 5.70. The Morgan fingerprint density at radius 1 is 1.41 bits per heavy atom. The van der Waals surface area contributed by atoms with Crippen molar-refractivity contribution >= 4 is 5.97 Å². The van der Waals surface area contributed by atoms with E-state index < -0.39 is 11.9 Å². The van der Waals surface area contributed by atoms with E-state index in [2.05, 4.69) is 29.0 Å². The number of carbonyl (C=O) groups excluding carboxylic acids is 1. The van der Waals surface area contributed by atoms with Crippen LogP contribution in [0.3, 0.4) is 0 Å². The highest BCUT2D eigenvalue weighted by molar-refractivity contribution is 5.74. The predicted molar refractivity (Wildman–Crippen MR) is 65.2 cm³/mol. The third-order valence-corrected chi connectivity index (χ3v) is 2.72. The molecule has 0 aromatic heterocycles. The molecular formula is C14H17NO2. The molecule has 0 amide bonds. The van der Waals surface area contributed by atoms with E-state index in [-0.39, 0.29) is 0 Å². The van der Waals surface area contributed by atoms with Crippen molar-refractivity contribution < 1.29 is 9.53 Å². The second-order valence-electron chi connectivity index (χ2n) is 4.08. The molecular weight excluding hydrogens is 214 g/mol. The van der Waals surface area contributed by atoms with Crippen LogP contribution in [0, 0.1) is 24.2 Å². The van der Waals surface area contributed by atoms with Gasteiger partial charge >= 0.3 is 5.97 Å². The molecule has 0 saturated heterocycles.